The van der Waals surface area contributed by atoms with Gasteiger partial charge in [-0.15, -0.1) is 0 Å². The minimum absolute atomic E-state index is 0.0402. The summed E-state index contributed by atoms with van der Waals surface area (Å²) in [7, 11) is 0. The molecule has 0 aliphatic rings. The van der Waals surface area contributed by atoms with Crippen molar-refractivity contribution in [2.75, 3.05) is 6.54 Å². The lowest BCUT2D eigenvalue weighted by molar-refractivity contribution is 0.0949. The number of hydrogen-bond donors (Lipinski definition) is 1. The highest BCUT2D eigenvalue weighted by molar-refractivity contribution is 5.91. The van der Waals surface area contributed by atoms with Gasteiger partial charge in [0.2, 0.25) is 5.89 Å². The van der Waals surface area contributed by atoms with E-state index < -0.39 is 0 Å². The molecule has 0 atom stereocenters. The number of carbonyl (C=O) groups is 1. The third-order valence-electron chi connectivity index (χ3n) is 3.24. The van der Waals surface area contributed by atoms with Crippen LogP contribution in [0, 0.1) is 5.82 Å². The number of hydrogen-bond acceptors (Lipinski definition) is 6. The first-order valence-corrected chi connectivity index (χ1v) is 7.56. The topological polar surface area (TPSA) is 90.1 Å². The van der Waals surface area contributed by atoms with Crippen LogP contribution in [-0.4, -0.2) is 27.4 Å². The molecule has 3 rings (SSSR count). The number of rotatable bonds is 7. The molecule has 0 radical (unpaired) electrons. The van der Waals surface area contributed by atoms with Crippen LogP contribution >= 0.6 is 0 Å². The van der Waals surface area contributed by atoms with Gasteiger partial charge in [-0.3, -0.25) is 14.8 Å². The van der Waals surface area contributed by atoms with Crippen LogP contribution in [0.2, 0.25) is 0 Å². The Morgan fingerprint density at radius 3 is 2.84 bits per heavy atom. The standard InChI is InChI=1S/C17H15FN4O3/c18-12-1-3-14(4-2-12)24-11-16-22-15(10-25-16)17(23)21-6-5-13-9-19-7-8-20-13/h1-4,7-10H,5-6,11H2,(H,21,23). The SMILES string of the molecule is O=C(NCCc1cnccn1)c1coc(COc2ccc(F)cc2)n1. The second-order valence-electron chi connectivity index (χ2n) is 5.07. The van der Waals surface area contributed by atoms with Crippen molar-refractivity contribution in [3.63, 3.8) is 0 Å². The summed E-state index contributed by atoms with van der Waals surface area (Å²) in [6.45, 7) is 0.449. The molecule has 0 saturated heterocycles. The lowest BCUT2D eigenvalue weighted by Crippen LogP contribution is -2.26. The molecule has 7 nitrogen and oxygen atoms in total. The van der Waals surface area contributed by atoms with Crippen LogP contribution in [0.4, 0.5) is 4.39 Å². The van der Waals surface area contributed by atoms with Crippen LogP contribution in [0.5, 0.6) is 5.75 Å². The summed E-state index contributed by atoms with van der Waals surface area (Å²) >= 11 is 0. The van der Waals surface area contributed by atoms with Gasteiger partial charge in [0.05, 0.1) is 5.69 Å². The molecule has 25 heavy (non-hydrogen) atoms. The average Bonchev–Trinajstić information content (AvgIpc) is 3.11. The summed E-state index contributed by atoms with van der Waals surface area (Å²) in [4.78, 5) is 24.2. The fourth-order valence-corrected chi connectivity index (χ4v) is 2.01. The average molecular weight is 342 g/mol. The van der Waals surface area contributed by atoms with Crippen molar-refractivity contribution in [2.45, 2.75) is 13.0 Å². The molecule has 0 bridgehead atoms. The molecule has 2 heterocycles. The highest BCUT2D eigenvalue weighted by Crippen LogP contribution is 2.13. The number of aromatic nitrogens is 3. The van der Waals surface area contributed by atoms with Crippen molar-refractivity contribution < 1.29 is 18.3 Å². The van der Waals surface area contributed by atoms with Gasteiger partial charge in [-0.2, -0.15) is 0 Å². The molecule has 1 aromatic carbocycles. The molecule has 2 aromatic heterocycles. The molecule has 8 heteroatoms. The number of halogens is 1. The van der Waals surface area contributed by atoms with Gasteiger partial charge in [0, 0.05) is 31.6 Å². The smallest absolute Gasteiger partial charge is 0.273 e. The molecular weight excluding hydrogens is 327 g/mol. The third-order valence-corrected chi connectivity index (χ3v) is 3.24. The van der Waals surface area contributed by atoms with Crippen LogP contribution in [0.25, 0.3) is 0 Å². The molecular formula is C17H15FN4O3. The molecule has 128 valence electrons. The Hall–Kier alpha value is -3.29. The highest BCUT2D eigenvalue weighted by atomic mass is 19.1. The lowest BCUT2D eigenvalue weighted by atomic mass is 10.3. The van der Waals surface area contributed by atoms with Crippen LogP contribution in [0.15, 0.2) is 53.5 Å². The first-order valence-electron chi connectivity index (χ1n) is 7.56. The molecule has 0 aliphatic carbocycles. The lowest BCUT2D eigenvalue weighted by Gasteiger charge is -2.03. The van der Waals surface area contributed by atoms with Gasteiger partial charge < -0.3 is 14.5 Å². The summed E-state index contributed by atoms with van der Waals surface area (Å²) in [5.74, 6) is 0.0440. The second-order valence-corrected chi connectivity index (χ2v) is 5.07. The third kappa shape index (κ3) is 4.84. The molecule has 1 N–H and O–H groups in total. The first kappa shape index (κ1) is 16.6. The van der Waals surface area contributed by atoms with E-state index in [1.807, 2.05) is 0 Å². The van der Waals surface area contributed by atoms with Crippen molar-refractivity contribution in [1.29, 1.82) is 0 Å². The maximum Gasteiger partial charge on any atom is 0.273 e. The van der Waals surface area contributed by atoms with Gasteiger partial charge in [-0.05, 0) is 24.3 Å². The van der Waals surface area contributed by atoms with Crippen molar-refractivity contribution in [3.8, 4) is 5.75 Å². The van der Waals surface area contributed by atoms with E-state index >= 15 is 0 Å². The van der Waals surface area contributed by atoms with Gasteiger partial charge in [-0.25, -0.2) is 9.37 Å². The predicted octanol–water partition coefficient (Wildman–Crippen LogP) is 2.16. The van der Waals surface area contributed by atoms with Gasteiger partial charge in [-0.1, -0.05) is 0 Å². The van der Waals surface area contributed by atoms with E-state index in [1.54, 1.807) is 18.6 Å². The zero-order valence-electron chi connectivity index (χ0n) is 13.2. The molecule has 0 saturated carbocycles. The minimum Gasteiger partial charge on any atom is -0.484 e. The van der Waals surface area contributed by atoms with Gasteiger partial charge in [0.25, 0.3) is 5.91 Å². The quantitative estimate of drug-likeness (QED) is 0.708. The van der Waals surface area contributed by atoms with E-state index in [9.17, 15) is 9.18 Å². The fourth-order valence-electron chi connectivity index (χ4n) is 2.01. The Morgan fingerprint density at radius 1 is 1.24 bits per heavy atom. The fraction of sp³-hybridized carbons (Fsp3) is 0.176. The van der Waals surface area contributed by atoms with E-state index in [4.69, 9.17) is 9.15 Å². The Labute approximate surface area is 142 Å². The van der Waals surface area contributed by atoms with E-state index in [2.05, 4.69) is 20.3 Å². The zero-order chi connectivity index (χ0) is 17.5. The summed E-state index contributed by atoms with van der Waals surface area (Å²) in [6, 6.07) is 5.58. The molecule has 0 fully saturated rings. The number of nitrogens with zero attached hydrogens (tertiary/aromatic N) is 3. The molecule has 3 aromatic rings. The van der Waals surface area contributed by atoms with Crippen LogP contribution in [-0.2, 0) is 13.0 Å². The monoisotopic (exact) mass is 342 g/mol. The van der Waals surface area contributed by atoms with Crippen molar-refractivity contribution in [2.24, 2.45) is 0 Å². The molecule has 0 aliphatic heterocycles. The largest absolute Gasteiger partial charge is 0.484 e. The summed E-state index contributed by atoms with van der Waals surface area (Å²) < 4.78 is 23.4. The Kier molecular flexibility index (Phi) is 5.30. The van der Waals surface area contributed by atoms with Crippen molar-refractivity contribution >= 4 is 5.91 Å². The Morgan fingerprint density at radius 2 is 2.08 bits per heavy atom. The van der Waals surface area contributed by atoms with E-state index in [1.165, 1.54) is 30.5 Å². The van der Waals surface area contributed by atoms with Crippen LogP contribution in [0.3, 0.4) is 0 Å². The van der Waals surface area contributed by atoms with Crippen LogP contribution in [0.1, 0.15) is 22.1 Å². The summed E-state index contributed by atoms with van der Waals surface area (Å²) in [6.07, 6.45) is 6.67. The maximum absolute atomic E-state index is 12.8. The normalized spacial score (nSPS) is 10.4. The van der Waals surface area contributed by atoms with Gasteiger partial charge in [0.1, 0.15) is 17.8 Å². The maximum atomic E-state index is 12.8. The molecule has 1 amide bonds. The van der Waals surface area contributed by atoms with E-state index in [-0.39, 0.29) is 29.9 Å². The number of benzene rings is 1. The van der Waals surface area contributed by atoms with Gasteiger partial charge >= 0.3 is 0 Å². The number of nitrogens with one attached hydrogen (secondary N) is 1. The number of ether oxygens (including phenoxy) is 1. The first-order chi connectivity index (χ1) is 12.2. The van der Waals surface area contributed by atoms with Gasteiger partial charge in [0.15, 0.2) is 12.3 Å². The summed E-state index contributed by atoms with van der Waals surface area (Å²) in [5, 5.41) is 2.73. The number of amides is 1. The van der Waals surface area contributed by atoms with E-state index in [0.717, 1.165) is 5.69 Å². The summed E-state index contributed by atoms with van der Waals surface area (Å²) in [5.41, 5.74) is 0.952. The zero-order valence-corrected chi connectivity index (χ0v) is 13.2. The minimum atomic E-state index is -0.347. The Bertz CT molecular complexity index is 821. The second kappa shape index (κ2) is 8.00. The highest BCUT2D eigenvalue weighted by Gasteiger charge is 2.12. The molecule has 0 unspecified atom stereocenters. The Balaban J connectivity index is 1.47. The van der Waals surface area contributed by atoms with Crippen molar-refractivity contribution in [3.05, 3.63) is 72.2 Å². The number of oxazole rings is 1. The van der Waals surface area contributed by atoms with E-state index in [0.29, 0.717) is 18.7 Å². The van der Waals surface area contributed by atoms with Crippen LogP contribution < -0.4 is 10.1 Å². The number of carbonyl (C=O) groups excluding carboxylic acids is 1. The predicted molar refractivity (Wildman–Crippen MR) is 85.3 cm³/mol. The molecule has 0 spiro atoms. The van der Waals surface area contributed by atoms with Crippen molar-refractivity contribution in [1.82, 2.24) is 20.3 Å².